The van der Waals surface area contributed by atoms with E-state index >= 15 is 0 Å². The summed E-state index contributed by atoms with van der Waals surface area (Å²) in [7, 11) is 0. The van der Waals surface area contributed by atoms with Crippen molar-refractivity contribution in [2.75, 3.05) is 0 Å². The molecule has 0 unspecified atom stereocenters. The smallest absolute Gasteiger partial charge is 0.145 e. The van der Waals surface area contributed by atoms with E-state index in [4.69, 9.17) is 5.26 Å². The molecule has 0 fully saturated rings. The van der Waals surface area contributed by atoms with Gasteiger partial charge in [-0.2, -0.15) is 5.26 Å². The van der Waals surface area contributed by atoms with Gasteiger partial charge in [0.2, 0.25) is 0 Å². The summed E-state index contributed by atoms with van der Waals surface area (Å²) in [5, 5.41) is 8.69. The standard InChI is InChI=1S/C25H27F2N/c1-2-3-4-5-6-7-8-9-10-20-11-13-21(14-12-20)15-16-22-17-24(26)23(19-28)25(27)18-22/h11-14,17-18H,2-10H2,1H3. The number of hydrogen-bond acceptors (Lipinski definition) is 1. The van der Waals surface area contributed by atoms with Gasteiger partial charge in [0.05, 0.1) is 0 Å². The summed E-state index contributed by atoms with van der Waals surface area (Å²) >= 11 is 0. The Morgan fingerprint density at radius 1 is 0.750 bits per heavy atom. The fraction of sp³-hybridized carbons (Fsp3) is 0.400. The average molecular weight is 379 g/mol. The molecule has 0 aliphatic heterocycles. The molecule has 2 rings (SSSR count). The number of hydrogen-bond donors (Lipinski definition) is 0. The minimum atomic E-state index is -0.882. The second-order valence-corrected chi connectivity index (χ2v) is 7.10. The molecular formula is C25H27F2N. The minimum Gasteiger partial charge on any atom is -0.205 e. The Kier molecular flexibility index (Phi) is 9.23. The van der Waals surface area contributed by atoms with Crippen molar-refractivity contribution < 1.29 is 8.78 Å². The van der Waals surface area contributed by atoms with Crippen molar-refractivity contribution in [3.05, 3.63) is 70.3 Å². The number of halogens is 2. The Morgan fingerprint density at radius 3 is 1.86 bits per heavy atom. The van der Waals surface area contributed by atoms with Crippen LogP contribution in [0.3, 0.4) is 0 Å². The number of nitriles is 1. The number of aryl methyl sites for hydroxylation is 1. The van der Waals surface area contributed by atoms with Crippen LogP contribution in [0.1, 0.15) is 80.5 Å². The number of rotatable bonds is 9. The van der Waals surface area contributed by atoms with Gasteiger partial charge in [-0.25, -0.2) is 8.78 Å². The molecule has 146 valence electrons. The molecule has 3 heteroatoms. The summed E-state index contributed by atoms with van der Waals surface area (Å²) < 4.78 is 27.2. The third-order valence-corrected chi connectivity index (χ3v) is 4.78. The first-order chi connectivity index (χ1) is 13.6. The quantitative estimate of drug-likeness (QED) is 0.343. The van der Waals surface area contributed by atoms with E-state index in [0.717, 1.165) is 24.1 Å². The molecular weight excluding hydrogens is 352 g/mol. The van der Waals surface area contributed by atoms with Crippen molar-refractivity contribution in [3.8, 4) is 17.9 Å². The molecule has 0 saturated carbocycles. The zero-order valence-electron chi connectivity index (χ0n) is 16.5. The molecule has 2 aromatic rings. The molecule has 0 aliphatic rings. The average Bonchev–Trinajstić information content (AvgIpc) is 2.69. The maximum absolute atomic E-state index is 13.6. The highest BCUT2D eigenvalue weighted by molar-refractivity contribution is 5.46. The summed E-state index contributed by atoms with van der Waals surface area (Å²) in [5.41, 5.74) is 1.73. The van der Waals surface area contributed by atoms with Crippen molar-refractivity contribution >= 4 is 0 Å². The van der Waals surface area contributed by atoms with Gasteiger partial charge in [0.25, 0.3) is 0 Å². The van der Waals surface area contributed by atoms with Gasteiger partial charge in [-0.05, 0) is 42.7 Å². The third kappa shape index (κ3) is 7.16. The van der Waals surface area contributed by atoms with E-state index in [1.165, 1.54) is 63.0 Å². The van der Waals surface area contributed by atoms with E-state index in [2.05, 4.69) is 30.9 Å². The van der Waals surface area contributed by atoms with Gasteiger partial charge in [-0.1, -0.05) is 75.8 Å². The Hall–Kier alpha value is -2.65. The predicted octanol–water partition coefficient (Wildman–Crippen LogP) is 6.92. The van der Waals surface area contributed by atoms with Gasteiger partial charge < -0.3 is 0 Å². The fourth-order valence-electron chi connectivity index (χ4n) is 3.11. The Labute approximate surface area is 167 Å². The maximum Gasteiger partial charge on any atom is 0.145 e. The Morgan fingerprint density at radius 2 is 1.29 bits per heavy atom. The van der Waals surface area contributed by atoms with Crippen LogP contribution in [0.2, 0.25) is 0 Å². The molecule has 0 aromatic heterocycles. The lowest BCUT2D eigenvalue weighted by Crippen LogP contribution is -1.92. The highest BCUT2D eigenvalue weighted by Gasteiger charge is 2.09. The second kappa shape index (κ2) is 11.9. The van der Waals surface area contributed by atoms with Crippen LogP contribution < -0.4 is 0 Å². The first kappa shape index (κ1) is 21.6. The van der Waals surface area contributed by atoms with E-state index in [-0.39, 0.29) is 5.56 Å². The lowest BCUT2D eigenvalue weighted by molar-refractivity contribution is 0.575. The maximum atomic E-state index is 13.6. The molecule has 0 radical (unpaired) electrons. The van der Waals surface area contributed by atoms with Crippen molar-refractivity contribution in [1.29, 1.82) is 5.26 Å². The van der Waals surface area contributed by atoms with Crippen LogP contribution >= 0.6 is 0 Å². The molecule has 0 amide bonds. The van der Waals surface area contributed by atoms with E-state index in [9.17, 15) is 8.78 Å². The van der Waals surface area contributed by atoms with E-state index in [0.29, 0.717) is 0 Å². The summed E-state index contributed by atoms with van der Waals surface area (Å²) in [6.07, 6.45) is 11.5. The lowest BCUT2D eigenvalue weighted by atomic mass is 10.0. The van der Waals surface area contributed by atoms with Crippen LogP contribution in [-0.2, 0) is 6.42 Å². The number of benzene rings is 2. The summed E-state index contributed by atoms with van der Waals surface area (Å²) in [6, 6.07) is 11.7. The van der Waals surface area contributed by atoms with Crippen molar-refractivity contribution in [2.24, 2.45) is 0 Å². The predicted molar refractivity (Wildman–Crippen MR) is 110 cm³/mol. The highest BCUT2D eigenvalue weighted by atomic mass is 19.1. The van der Waals surface area contributed by atoms with E-state index in [1.807, 2.05) is 12.1 Å². The molecule has 0 spiro atoms. The molecule has 0 heterocycles. The first-order valence-electron chi connectivity index (χ1n) is 10.1. The largest absolute Gasteiger partial charge is 0.205 e. The van der Waals surface area contributed by atoms with Crippen LogP contribution in [0, 0.1) is 34.8 Å². The number of nitrogens with zero attached hydrogens (tertiary/aromatic N) is 1. The Balaban J connectivity index is 1.81. The SMILES string of the molecule is CCCCCCCCCCc1ccc(C#Cc2cc(F)c(C#N)c(F)c2)cc1. The second-order valence-electron chi connectivity index (χ2n) is 7.10. The Bertz CT molecular complexity index is 828. The molecule has 28 heavy (non-hydrogen) atoms. The normalized spacial score (nSPS) is 10.2. The fourth-order valence-corrected chi connectivity index (χ4v) is 3.11. The first-order valence-corrected chi connectivity index (χ1v) is 10.1. The monoisotopic (exact) mass is 379 g/mol. The summed E-state index contributed by atoms with van der Waals surface area (Å²) in [4.78, 5) is 0. The van der Waals surface area contributed by atoms with Crippen molar-refractivity contribution in [1.82, 2.24) is 0 Å². The molecule has 0 atom stereocenters. The molecule has 0 saturated heterocycles. The van der Waals surface area contributed by atoms with Crippen molar-refractivity contribution in [3.63, 3.8) is 0 Å². The molecule has 0 aliphatic carbocycles. The van der Waals surface area contributed by atoms with Gasteiger partial charge in [-0.3, -0.25) is 0 Å². The van der Waals surface area contributed by atoms with Gasteiger partial charge in [-0.15, -0.1) is 0 Å². The van der Waals surface area contributed by atoms with Crippen molar-refractivity contribution in [2.45, 2.75) is 64.7 Å². The summed E-state index contributed by atoms with van der Waals surface area (Å²) in [5.74, 6) is 3.91. The van der Waals surface area contributed by atoms with E-state index < -0.39 is 17.2 Å². The number of unbranched alkanes of at least 4 members (excludes halogenated alkanes) is 7. The molecule has 2 aromatic carbocycles. The minimum absolute atomic E-state index is 0.219. The molecule has 0 N–H and O–H groups in total. The van der Waals surface area contributed by atoms with Crippen LogP contribution in [0.5, 0.6) is 0 Å². The molecule has 0 bridgehead atoms. The summed E-state index contributed by atoms with van der Waals surface area (Å²) in [6.45, 7) is 2.24. The zero-order valence-corrected chi connectivity index (χ0v) is 16.5. The molecule has 1 nitrogen and oxygen atoms in total. The third-order valence-electron chi connectivity index (χ3n) is 4.78. The lowest BCUT2D eigenvalue weighted by Gasteiger charge is -2.03. The van der Waals surface area contributed by atoms with Gasteiger partial charge in [0.15, 0.2) is 0 Å². The van der Waals surface area contributed by atoms with Crippen LogP contribution in [0.4, 0.5) is 8.78 Å². The van der Waals surface area contributed by atoms with Gasteiger partial charge in [0, 0.05) is 11.1 Å². The van der Waals surface area contributed by atoms with Crippen LogP contribution in [0.15, 0.2) is 36.4 Å². The zero-order chi connectivity index (χ0) is 20.2. The van der Waals surface area contributed by atoms with Crippen LogP contribution in [0.25, 0.3) is 0 Å². The van der Waals surface area contributed by atoms with Gasteiger partial charge in [0.1, 0.15) is 23.3 Å². The van der Waals surface area contributed by atoms with E-state index in [1.54, 1.807) is 0 Å². The topological polar surface area (TPSA) is 23.8 Å². The van der Waals surface area contributed by atoms with Gasteiger partial charge >= 0.3 is 0 Å². The highest BCUT2D eigenvalue weighted by Crippen LogP contribution is 2.15. The van der Waals surface area contributed by atoms with Crippen LogP contribution in [-0.4, -0.2) is 0 Å².